The Bertz CT molecular complexity index is 4100. The number of hydrogen-bond donors (Lipinski definition) is 0. The van der Waals surface area contributed by atoms with E-state index in [1.54, 1.807) is 0 Å². The largest absolute Gasteiger partial charge is 0.468 e. The average Bonchev–Trinajstić information content (AvgIpc) is 4.15. The van der Waals surface area contributed by atoms with Crippen LogP contribution in [0.2, 0.25) is 0 Å². The molecule has 0 unspecified atom stereocenters. The summed E-state index contributed by atoms with van der Waals surface area (Å²) in [5.41, 5.74) is 16.9. The molecule has 7 heteroatoms. The maximum absolute atomic E-state index is 7.28. The second kappa shape index (κ2) is 12.9. The van der Waals surface area contributed by atoms with Crippen LogP contribution in [0, 0.1) is 0 Å². The first-order valence-corrected chi connectivity index (χ1v) is 22.0. The minimum absolute atomic E-state index is 0.333. The number of rotatable bonds is 4. The lowest BCUT2D eigenvalue weighted by Crippen LogP contribution is -2.60. The third kappa shape index (κ3) is 4.68. The van der Waals surface area contributed by atoms with Crippen molar-refractivity contribution < 1.29 is 17.7 Å². The van der Waals surface area contributed by atoms with Crippen molar-refractivity contribution in [3.63, 3.8) is 0 Å². The zero-order valence-electron chi connectivity index (χ0n) is 34.7. The summed E-state index contributed by atoms with van der Waals surface area (Å²) in [6, 6.07) is 70.2. The molecule has 0 radical (unpaired) electrons. The SMILES string of the molecule is c1ccc(-c2ccc3c(oc4ccccc43)c2N2c3cccc4c3B(c3oc5ccccc5c3N4c3c(-c4ccccc4)ccc4c3oc3ccccc34)c3c2oc2ccccc32)cc1. The van der Waals surface area contributed by atoms with E-state index in [-0.39, 0.29) is 6.71 Å². The van der Waals surface area contributed by atoms with Gasteiger partial charge in [-0.25, -0.2) is 0 Å². The Morgan fingerprint density at radius 2 is 0.769 bits per heavy atom. The molecule has 0 amide bonds. The van der Waals surface area contributed by atoms with Gasteiger partial charge in [0.15, 0.2) is 11.2 Å². The van der Waals surface area contributed by atoms with Gasteiger partial charge in [-0.3, -0.25) is 4.90 Å². The van der Waals surface area contributed by atoms with E-state index in [0.29, 0.717) is 0 Å². The van der Waals surface area contributed by atoms with Gasteiger partial charge in [-0.05, 0) is 71.2 Å². The van der Waals surface area contributed by atoms with Gasteiger partial charge in [0.05, 0.1) is 17.0 Å². The summed E-state index contributed by atoms with van der Waals surface area (Å²) in [6.07, 6.45) is 0. The van der Waals surface area contributed by atoms with Gasteiger partial charge in [-0.15, -0.1) is 0 Å². The highest BCUT2D eigenvalue weighted by molar-refractivity contribution is 7.01. The molecule has 0 spiro atoms. The fourth-order valence-electron chi connectivity index (χ4n) is 11.0. The molecule has 65 heavy (non-hydrogen) atoms. The molecule has 0 fully saturated rings. The third-order valence-corrected chi connectivity index (χ3v) is 13.7. The van der Waals surface area contributed by atoms with Gasteiger partial charge in [-0.1, -0.05) is 146 Å². The van der Waals surface area contributed by atoms with E-state index in [4.69, 9.17) is 17.7 Å². The molecule has 6 heterocycles. The predicted octanol–water partition coefficient (Wildman–Crippen LogP) is 14.4. The molecule has 2 aliphatic rings. The molecule has 15 rings (SSSR count). The maximum Gasteiger partial charge on any atom is 0.302 e. The monoisotopic (exact) mass is 832 g/mol. The van der Waals surface area contributed by atoms with E-state index in [1.807, 2.05) is 18.2 Å². The van der Waals surface area contributed by atoms with Gasteiger partial charge in [0.1, 0.15) is 28.0 Å². The lowest BCUT2D eigenvalue weighted by molar-refractivity contribution is 0.620. The van der Waals surface area contributed by atoms with Crippen LogP contribution in [-0.2, 0) is 0 Å². The molecular weight excluding hydrogens is 799 g/mol. The van der Waals surface area contributed by atoms with Crippen LogP contribution in [0.25, 0.3) is 88.1 Å². The van der Waals surface area contributed by atoms with Crippen LogP contribution in [0.15, 0.2) is 218 Å². The van der Waals surface area contributed by atoms with Gasteiger partial charge in [0, 0.05) is 60.3 Å². The highest BCUT2D eigenvalue weighted by Gasteiger charge is 2.50. The fourth-order valence-corrected chi connectivity index (χ4v) is 11.0. The first-order chi connectivity index (χ1) is 32.3. The second-order valence-electron chi connectivity index (χ2n) is 17.0. The van der Waals surface area contributed by atoms with Crippen LogP contribution in [0.1, 0.15) is 0 Å². The van der Waals surface area contributed by atoms with E-state index >= 15 is 0 Å². The Kier molecular flexibility index (Phi) is 6.94. The highest BCUT2D eigenvalue weighted by Crippen LogP contribution is 2.54. The Labute approximate surface area is 371 Å². The Hall–Kier alpha value is -8.68. The molecular formula is C58H33BN2O4. The van der Waals surface area contributed by atoms with E-state index in [9.17, 15) is 0 Å². The summed E-state index contributed by atoms with van der Waals surface area (Å²) in [4.78, 5) is 4.75. The van der Waals surface area contributed by atoms with Gasteiger partial charge in [0.25, 0.3) is 0 Å². The van der Waals surface area contributed by atoms with Crippen molar-refractivity contribution in [2.75, 3.05) is 9.80 Å². The molecule has 0 aliphatic carbocycles. The summed E-state index contributed by atoms with van der Waals surface area (Å²) in [5.74, 6) is 0.732. The molecule has 0 saturated heterocycles. The Morgan fingerprint density at radius 1 is 0.308 bits per heavy atom. The molecule has 0 atom stereocenters. The minimum Gasteiger partial charge on any atom is -0.468 e. The van der Waals surface area contributed by atoms with E-state index in [1.165, 1.54) is 0 Å². The number of anilines is 6. The molecule has 6 nitrogen and oxygen atoms in total. The summed E-state index contributed by atoms with van der Waals surface area (Å²) in [6.45, 7) is -0.333. The molecule has 302 valence electrons. The average molecular weight is 833 g/mol. The Balaban J connectivity index is 1.12. The third-order valence-electron chi connectivity index (χ3n) is 13.7. The van der Waals surface area contributed by atoms with E-state index in [2.05, 4.69) is 192 Å². The van der Waals surface area contributed by atoms with E-state index in [0.717, 1.165) is 139 Å². The van der Waals surface area contributed by atoms with Crippen LogP contribution < -0.4 is 26.4 Å². The van der Waals surface area contributed by atoms with Gasteiger partial charge in [0.2, 0.25) is 5.88 Å². The van der Waals surface area contributed by atoms with Crippen molar-refractivity contribution in [3.05, 3.63) is 200 Å². The molecule has 4 aromatic heterocycles. The molecule has 0 N–H and O–H groups in total. The van der Waals surface area contributed by atoms with Gasteiger partial charge in [-0.2, -0.15) is 0 Å². The molecule has 9 aromatic carbocycles. The van der Waals surface area contributed by atoms with Crippen molar-refractivity contribution in [3.8, 4) is 22.3 Å². The van der Waals surface area contributed by atoms with Crippen LogP contribution in [-0.4, -0.2) is 6.71 Å². The Morgan fingerprint density at radius 3 is 1.35 bits per heavy atom. The fraction of sp³-hybridized carbons (Fsp3) is 0. The number of benzene rings is 9. The van der Waals surface area contributed by atoms with Crippen molar-refractivity contribution in [2.45, 2.75) is 0 Å². The number of para-hydroxylation sites is 4. The maximum atomic E-state index is 7.28. The second-order valence-corrected chi connectivity index (χ2v) is 17.0. The lowest BCUT2D eigenvalue weighted by Gasteiger charge is -2.41. The van der Waals surface area contributed by atoms with Crippen molar-refractivity contribution in [2.24, 2.45) is 0 Å². The van der Waals surface area contributed by atoms with Crippen LogP contribution >= 0.6 is 0 Å². The van der Waals surface area contributed by atoms with Gasteiger partial charge < -0.3 is 22.6 Å². The number of hydrogen-bond acceptors (Lipinski definition) is 6. The standard InChI is InChI=1S/C58H33BN2O4/c1-3-16-34(17-4-1)36-30-32-40-38-20-7-11-26-46(38)62-55(40)52(36)60-44-24-15-25-45-51(44)59(57-54(60)43-23-10-14-29-49(43)64-57)50-42-22-9-13-28-48(42)65-58(50)61(45)53-37(35-18-5-2-6-19-35)31-33-41-39-21-8-12-27-47(39)63-56(41)53/h1-33H. The summed E-state index contributed by atoms with van der Waals surface area (Å²) >= 11 is 0. The molecule has 13 aromatic rings. The number of nitrogens with zero attached hydrogens (tertiary/aromatic N) is 2. The molecule has 0 saturated carbocycles. The smallest absolute Gasteiger partial charge is 0.302 e. The van der Waals surface area contributed by atoms with Crippen molar-refractivity contribution in [1.29, 1.82) is 0 Å². The lowest BCUT2D eigenvalue weighted by atomic mass is 9.35. The van der Waals surface area contributed by atoms with Crippen molar-refractivity contribution >= 4 is 123 Å². The first kappa shape index (κ1) is 34.9. The predicted molar refractivity (Wildman–Crippen MR) is 265 cm³/mol. The molecule has 0 bridgehead atoms. The number of furan rings is 4. The van der Waals surface area contributed by atoms with Crippen LogP contribution in [0.3, 0.4) is 0 Å². The summed E-state index contributed by atoms with van der Waals surface area (Å²) in [7, 11) is 0. The topological polar surface area (TPSA) is 59.0 Å². The molecule has 2 aliphatic heterocycles. The van der Waals surface area contributed by atoms with Gasteiger partial charge >= 0.3 is 6.71 Å². The zero-order valence-corrected chi connectivity index (χ0v) is 34.7. The zero-order chi connectivity index (χ0) is 42.3. The first-order valence-electron chi connectivity index (χ1n) is 22.0. The van der Waals surface area contributed by atoms with E-state index < -0.39 is 0 Å². The summed E-state index contributed by atoms with van der Waals surface area (Å²) < 4.78 is 28.5. The quantitative estimate of drug-likeness (QED) is 0.165. The van der Waals surface area contributed by atoms with Crippen LogP contribution in [0.5, 0.6) is 0 Å². The highest BCUT2D eigenvalue weighted by atomic mass is 16.4. The minimum atomic E-state index is -0.333. The summed E-state index contributed by atoms with van der Waals surface area (Å²) in [5, 5.41) is 6.25. The normalized spacial score (nSPS) is 13.1. The van der Waals surface area contributed by atoms with Crippen LogP contribution in [0.4, 0.5) is 34.3 Å². The number of fused-ring (bicyclic) bond motifs is 14. The van der Waals surface area contributed by atoms with Crippen molar-refractivity contribution in [1.82, 2.24) is 0 Å².